The van der Waals surface area contributed by atoms with Gasteiger partial charge in [-0.15, -0.1) is 0 Å². The lowest BCUT2D eigenvalue weighted by Crippen LogP contribution is -2.05. The summed E-state index contributed by atoms with van der Waals surface area (Å²) >= 11 is 0. The lowest BCUT2D eigenvalue weighted by molar-refractivity contribution is 0.665. The van der Waals surface area contributed by atoms with Crippen LogP contribution in [0.4, 0.5) is 0 Å². The number of nitrogens with zero attached hydrogens (tertiary/aromatic N) is 1. The van der Waals surface area contributed by atoms with Gasteiger partial charge in [0.25, 0.3) is 0 Å². The lowest BCUT2D eigenvalue weighted by Gasteiger charge is -2.14. The van der Waals surface area contributed by atoms with E-state index in [1.807, 2.05) is 13.8 Å². The third kappa shape index (κ3) is 5.29. The highest BCUT2D eigenvalue weighted by atomic mass is 14.7. The van der Waals surface area contributed by atoms with E-state index in [1.54, 1.807) is 0 Å². The minimum absolute atomic E-state index is 1.16. The van der Waals surface area contributed by atoms with Crippen molar-refractivity contribution in [3.63, 3.8) is 0 Å². The molecular weight excluding hydrogens is 194 g/mol. The van der Waals surface area contributed by atoms with Gasteiger partial charge in [0.1, 0.15) is 0 Å². The molecule has 0 radical (unpaired) electrons. The van der Waals surface area contributed by atoms with Gasteiger partial charge in [-0.25, -0.2) is 0 Å². The summed E-state index contributed by atoms with van der Waals surface area (Å²) in [5, 5.41) is 0. The molecule has 2 rings (SSSR count). The van der Waals surface area contributed by atoms with E-state index < -0.39 is 0 Å². The molecule has 16 heavy (non-hydrogen) atoms. The van der Waals surface area contributed by atoms with E-state index in [0.29, 0.717) is 0 Å². The summed E-state index contributed by atoms with van der Waals surface area (Å²) in [5.41, 5.74) is 3.98. The highest BCUT2D eigenvalue weighted by Gasteiger charge is 2.09. The zero-order valence-electron chi connectivity index (χ0n) is 11.6. The van der Waals surface area contributed by atoms with Gasteiger partial charge in [-0.1, -0.05) is 40.2 Å². The van der Waals surface area contributed by atoms with E-state index in [9.17, 15) is 0 Å². The molecule has 0 fully saturated rings. The van der Waals surface area contributed by atoms with Crippen LogP contribution in [-0.2, 0) is 12.8 Å². The van der Waals surface area contributed by atoms with Gasteiger partial charge in [-0.3, -0.25) is 4.98 Å². The molecule has 0 unspecified atom stereocenters. The van der Waals surface area contributed by atoms with Crippen molar-refractivity contribution in [3.05, 3.63) is 29.1 Å². The maximum atomic E-state index is 4.51. The zero-order chi connectivity index (χ0) is 12.4. The number of rotatable bonds is 0. The molecule has 1 aliphatic rings. The van der Waals surface area contributed by atoms with Gasteiger partial charge >= 0.3 is 0 Å². The van der Waals surface area contributed by atoms with Gasteiger partial charge in [-0.2, -0.15) is 0 Å². The zero-order valence-corrected chi connectivity index (χ0v) is 11.6. The molecule has 0 aliphatic heterocycles. The van der Waals surface area contributed by atoms with Gasteiger partial charge in [0.05, 0.1) is 0 Å². The number of aromatic nitrogens is 1. The molecule has 0 saturated heterocycles. The maximum absolute atomic E-state index is 4.51. The van der Waals surface area contributed by atoms with E-state index in [4.69, 9.17) is 0 Å². The van der Waals surface area contributed by atoms with Gasteiger partial charge in [-0.05, 0) is 44.2 Å². The first-order valence-corrected chi connectivity index (χ1v) is 6.73. The van der Waals surface area contributed by atoms with Crippen LogP contribution in [0.25, 0.3) is 0 Å². The first-order chi connectivity index (χ1) is 7.77. The van der Waals surface area contributed by atoms with Crippen molar-refractivity contribution in [3.8, 4) is 0 Å². The molecule has 0 atom stereocenters. The highest BCUT2D eigenvalue weighted by molar-refractivity contribution is 5.24. The van der Waals surface area contributed by atoms with Crippen LogP contribution in [-0.4, -0.2) is 4.98 Å². The smallest absolute Gasteiger partial charge is 0.0438 e. The molecular formula is C15H27N. The molecule has 0 bridgehead atoms. The van der Waals surface area contributed by atoms with Crippen molar-refractivity contribution >= 4 is 0 Å². The van der Waals surface area contributed by atoms with E-state index in [-0.39, 0.29) is 0 Å². The van der Waals surface area contributed by atoms with E-state index >= 15 is 0 Å². The predicted molar refractivity (Wildman–Crippen MR) is 72.9 cm³/mol. The van der Waals surface area contributed by atoms with Gasteiger partial charge in [0.2, 0.25) is 0 Å². The molecule has 0 saturated carbocycles. The van der Waals surface area contributed by atoms with Gasteiger partial charge in [0, 0.05) is 11.4 Å². The average Bonchev–Trinajstić information content (AvgIpc) is 2.32. The van der Waals surface area contributed by atoms with Crippen molar-refractivity contribution in [1.82, 2.24) is 4.98 Å². The summed E-state index contributed by atoms with van der Waals surface area (Å²) in [6, 6.07) is 4.35. The Morgan fingerprint density at radius 3 is 2.25 bits per heavy atom. The maximum Gasteiger partial charge on any atom is 0.0438 e. The van der Waals surface area contributed by atoms with Crippen LogP contribution < -0.4 is 0 Å². The van der Waals surface area contributed by atoms with Crippen molar-refractivity contribution in [1.29, 1.82) is 0 Å². The number of aryl methyl sites for hydroxylation is 3. The predicted octanol–water partition coefficient (Wildman–Crippen LogP) is 4.71. The van der Waals surface area contributed by atoms with Crippen LogP contribution in [0.5, 0.6) is 0 Å². The second-order valence-electron chi connectivity index (χ2n) is 3.97. The summed E-state index contributed by atoms with van der Waals surface area (Å²) in [6.45, 7) is 10.3. The van der Waals surface area contributed by atoms with Gasteiger partial charge < -0.3 is 0 Å². The third-order valence-corrected chi connectivity index (χ3v) is 2.32. The fraction of sp³-hybridized carbons (Fsp3) is 0.667. The Kier molecular flexibility index (Phi) is 8.88. The Labute approximate surface area is 101 Å². The highest BCUT2D eigenvalue weighted by Crippen LogP contribution is 2.18. The fourth-order valence-corrected chi connectivity index (χ4v) is 1.69. The molecule has 0 N–H and O–H groups in total. The SMILES string of the molecule is CC.CCC.Cc1ccc2c(n1)CCCC2. The number of hydrogen-bond acceptors (Lipinski definition) is 1. The third-order valence-electron chi connectivity index (χ3n) is 2.32. The molecule has 1 aliphatic carbocycles. The number of pyridine rings is 1. The van der Waals surface area contributed by atoms with E-state index in [2.05, 4.69) is 37.9 Å². The molecule has 1 heteroatoms. The summed E-state index contributed by atoms with van der Waals surface area (Å²) in [6.07, 6.45) is 6.35. The fourth-order valence-electron chi connectivity index (χ4n) is 1.69. The number of hydrogen-bond donors (Lipinski definition) is 0. The van der Waals surface area contributed by atoms with Crippen LogP contribution >= 0.6 is 0 Å². The molecule has 1 aromatic rings. The molecule has 0 spiro atoms. The standard InChI is InChI=1S/C10H13N.C3H8.C2H6/c1-8-6-7-9-4-2-3-5-10(9)11-8;1-3-2;1-2/h6-7H,2-5H2,1H3;3H2,1-2H3;1-2H3. The second-order valence-corrected chi connectivity index (χ2v) is 3.97. The topological polar surface area (TPSA) is 12.9 Å². The second kappa shape index (κ2) is 9.38. The van der Waals surface area contributed by atoms with Crippen molar-refractivity contribution < 1.29 is 0 Å². The first-order valence-electron chi connectivity index (χ1n) is 6.73. The molecule has 1 aromatic heterocycles. The van der Waals surface area contributed by atoms with Crippen LogP contribution in [0.1, 0.15) is 63.9 Å². The Morgan fingerprint density at radius 2 is 1.62 bits per heavy atom. The average molecular weight is 221 g/mol. The normalized spacial score (nSPS) is 12.6. The quantitative estimate of drug-likeness (QED) is 0.618. The molecule has 92 valence electrons. The molecule has 1 heterocycles. The van der Waals surface area contributed by atoms with E-state index in [1.165, 1.54) is 43.4 Å². The van der Waals surface area contributed by atoms with Crippen LogP contribution in [0, 0.1) is 6.92 Å². The van der Waals surface area contributed by atoms with Crippen molar-refractivity contribution in [2.45, 2.75) is 66.7 Å². The van der Waals surface area contributed by atoms with Crippen LogP contribution in [0.3, 0.4) is 0 Å². The summed E-state index contributed by atoms with van der Waals surface area (Å²) < 4.78 is 0. The lowest BCUT2D eigenvalue weighted by atomic mass is 9.96. The first kappa shape index (κ1) is 15.2. The van der Waals surface area contributed by atoms with Crippen molar-refractivity contribution in [2.24, 2.45) is 0 Å². The van der Waals surface area contributed by atoms with E-state index in [0.717, 1.165) is 5.69 Å². The largest absolute Gasteiger partial charge is 0.258 e. The van der Waals surface area contributed by atoms with Crippen molar-refractivity contribution in [2.75, 3.05) is 0 Å². The molecule has 0 amide bonds. The Bertz CT molecular complexity index is 279. The summed E-state index contributed by atoms with van der Waals surface area (Å²) in [5.74, 6) is 0. The van der Waals surface area contributed by atoms with Crippen LogP contribution in [0.2, 0.25) is 0 Å². The summed E-state index contributed by atoms with van der Waals surface area (Å²) in [4.78, 5) is 4.51. The van der Waals surface area contributed by atoms with Gasteiger partial charge in [0.15, 0.2) is 0 Å². The Morgan fingerprint density at radius 1 is 1.06 bits per heavy atom. The monoisotopic (exact) mass is 221 g/mol. The summed E-state index contributed by atoms with van der Waals surface area (Å²) in [7, 11) is 0. The molecule has 0 aromatic carbocycles. The Balaban J connectivity index is 0.000000394. The molecule has 1 nitrogen and oxygen atoms in total. The van der Waals surface area contributed by atoms with Crippen LogP contribution in [0.15, 0.2) is 12.1 Å². The minimum Gasteiger partial charge on any atom is -0.258 e. The minimum atomic E-state index is 1.16. The number of fused-ring (bicyclic) bond motifs is 1. The Hall–Kier alpha value is -0.850.